The summed E-state index contributed by atoms with van der Waals surface area (Å²) in [5.74, 6) is 1.74. The SMILES string of the molecule is CN1CCCC2CN(c3ccc(Cl)nn3)CCC21. The van der Waals surface area contributed by atoms with Crippen LogP contribution in [0.25, 0.3) is 0 Å². The Morgan fingerprint density at radius 2 is 2.11 bits per heavy atom. The van der Waals surface area contributed by atoms with Crippen molar-refractivity contribution in [1.82, 2.24) is 15.1 Å². The van der Waals surface area contributed by atoms with Gasteiger partial charge in [-0.25, -0.2) is 0 Å². The van der Waals surface area contributed by atoms with Gasteiger partial charge >= 0.3 is 0 Å². The summed E-state index contributed by atoms with van der Waals surface area (Å²) in [6.07, 6.45) is 3.88. The van der Waals surface area contributed by atoms with Crippen LogP contribution in [0.2, 0.25) is 5.15 Å². The minimum atomic E-state index is 0.464. The molecule has 3 rings (SSSR count). The van der Waals surface area contributed by atoms with Gasteiger partial charge in [-0.2, -0.15) is 0 Å². The summed E-state index contributed by atoms with van der Waals surface area (Å²) < 4.78 is 0. The third-order valence-electron chi connectivity index (χ3n) is 4.29. The van der Waals surface area contributed by atoms with Gasteiger partial charge in [-0.3, -0.25) is 0 Å². The number of rotatable bonds is 1. The van der Waals surface area contributed by atoms with Crippen LogP contribution >= 0.6 is 11.6 Å². The monoisotopic (exact) mass is 266 g/mol. The molecule has 0 radical (unpaired) electrons. The van der Waals surface area contributed by atoms with Crippen LogP contribution in [0.4, 0.5) is 5.82 Å². The maximum atomic E-state index is 5.78. The zero-order valence-corrected chi connectivity index (χ0v) is 11.5. The minimum absolute atomic E-state index is 0.464. The largest absolute Gasteiger partial charge is 0.355 e. The number of fused-ring (bicyclic) bond motifs is 1. The van der Waals surface area contributed by atoms with Gasteiger partial charge in [0.1, 0.15) is 0 Å². The molecule has 3 heterocycles. The van der Waals surface area contributed by atoms with Crippen LogP contribution in [-0.2, 0) is 0 Å². The van der Waals surface area contributed by atoms with E-state index >= 15 is 0 Å². The highest BCUT2D eigenvalue weighted by molar-refractivity contribution is 6.29. The smallest absolute Gasteiger partial charge is 0.151 e. The van der Waals surface area contributed by atoms with Gasteiger partial charge in [0.25, 0.3) is 0 Å². The molecule has 0 aliphatic carbocycles. The standard InChI is InChI=1S/C13H19ClN4/c1-17-7-2-3-10-9-18(8-6-11(10)17)13-5-4-12(14)15-16-13/h4-5,10-11H,2-3,6-9H2,1H3. The molecular weight excluding hydrogens is 248 g/mol. The fourth-order valence-electron chi connectivity index (χ4n) is 3.34. The molecule has 0 aromatic carbocycles. The molecule has 2 unspecified atom stereocenters. The molecule has 2 saturated heterocycles. The van der Waals surface area contributed by atoms with E-state index in [-0.39, 0.29) is 0 Å². The van der Waals surface area contributed by atoms with Crippen LogP contribution in [0.15, 0.2) is 12.1 Å². The van der Waals surface area contributed by atoms with E-state index in [0.29, 0.717) is 5.15 Å². The molecule has 1 aromatic rings. The predicted octanol–water partition coefficient (Wildman–Crippen LogP) is 2.05. The normalized spacial score (nSPS) is 29.1. The van der Waals surface area contributed by atoms with Crippen LogP contribution in [0.1, 0.15) is 19.3 Å². The molecule has 0 N–H and O–H groups in total. The highest BCUT2D eigenvalue weighted by atomic mass is 35.5. The summed E-state index contributed by atoms with van der Waals surface area (Å²) in [7, 11) is 2.26. The lowest BCUT2D eigenvalue weighted by atomic mass is 9.84. The fraction of sp³-hybridized carbons (Fsp3) is 0.692. The first-order valence-electron chi connectivity index (χ1n) is 6.68. The number of piperidine rings is 2. The van der Waals surface area contributed by atoms with Crippen LogP contribution < -0.4 is 4.90 Å². The van der Waals surface area contributed by atoms with E-state index in [9.17, 15) is 0 Å². The molecule has 2 atom stereocenters. The van der Waals surface area contributed by atoms with E-state index in [1.165, 1.54) is 25.8 Å². The molecule has 0 amide bonds. The molecular formula is C13H19ClN4. The minimum Gasteiger partial charge on any atom is -0.355 e. The molecule has 98 valence electrons. The Morgan fingerprint density at radius 3 is 2.89 bits per heavy atom. The number of halogens is 1. The van der Waals surface area contributed by atoms with Crippen molar-refractivity contribution in [3.05, 3.63) is 17.3 Å². The highest BCUT2D eigenvalue weighted by Crippen LogP contribution is 2.31. The summed E-state index contributed by atoms with van der Waals surface area (Å²) in [5.41, 5.74) is 0. The molecule has 2 aliphatic heterocycles. The van der Waals surface area contributed by atoms with Gasteiger partial charge in [0.2, 0.25) is 0 Å². The van der Waals surface area contributed by atoms with Gasteiger partial charge in [0.05, 0.1) is 0 Å². The summed E-state index contributed by atoms with van der Waals surface area (Å²) >= 11 is 5.78. The Labute approximate surface area is 113 Å². The number of aromatic nitrogens is 2. The van der Waals surface area contributed by atoms with Crippen molar-refractivity contribution in [2.75, 3.05) is 31.6 Å². The van der Waals surface area contributed by atoms with E-state index in [1.807, 2.05) is 12.1 Å². The van der Waals surface area contributed by atoms with Gasteiger partial charge in [0, 0.05) is 19.1 Å². The molecule has 4 nitrogen and oxygen atoms in total. The second-order valence-corrected chi connectivity index (χ2v) is 5.79. The number of anilines is 1. The van der Waals surface area contributed by atoms with Gasteiger partial charge in [-0.15, -0.1) is 10.2 Å². The third kappa shape index (κ3) is 2.31. The maximum absolute atomic E-state index is 5.78. The van der Waals surface area contributed by atoms with Crippen LogP contribution in [0, 0.1) is 5.92 Å². The summed E-state index contributed by atoms with van der Waals surface area (Å²) in [6.45, 7) is 3.43. The molecule has 0 saturated carbocycles. The molecule has 2 fully saturated rings. The second kappa shape index (κ2) is 5.02. The average molecular weight is 267 g/mol. The first kappa shape index (κ1) is 12.2. The van der Waals surface area contributed by atoms with E-state index in [2.05, 4.69) is 27.0 Å². The Hall–Kier alpha value is -0.870. The summed E-state index contributed by atoms with van der Waals surface area (Å²) in [6, 6.07) is 4.56. The molecule has 0 bridgehead atoms. The number of hydrogen-bond acceptors (Lipinski definition) is 4. The van der Waals surface area contributed by atoms with E-state index in [0.717, 1.165) is 30.9 Å². The number of likely N-dealkylation sites (tertiary alicyclic amines) is 1. The van der Waals surface area contributed by atoms with E-state index in [1.54, 1.807) is 0 Å². The number of hydrogen-bond donors (Lipinski definition) is 0. The third-order valence-corrected chi connectivity index (χ3v) is 4.49. The van der Waals surface area contributed by atoms with Gasteiger partial charge in [0.15, 0.2) is 11.0 Å². The Balaban J connectivity index is 1.72. The lowest BCUT2D eigenvalue weighted by Crippen LogP contribution is -2.52. The quantitative estimate of drug-likeness (QED) is 0.779. The first-order valence-corrected chi connectivity index (χ1v) is 7.06. The molecule has 5 heteroatoms. The highest BCUT2D eigenvalue weighted by Gasteiger charge is 2.34. The Bertz CT molecular complexity index is 408. The summed E-state index contributed by atoms with van der Waals surface area (Å²) in [5, 5.41) is 8.59. The van der Waals surface area contributed by atoms with E-state index in [4.69, 9.17) is 11.6 Å². The predicted molar refractivity (Wildman–Crippen MR) is 73.0 cm³/mol. The van der Waals surface area contributed by atoms with Crippen molar-refractivity contribution in [1.29, 1.82) is 0 Å². The lowest BCUT2D eigenvalue weighted by Gasteiger charge is -2.46. The second-order valence-electron chi connectivity index (χ2n) is 5.40. The van der Waals surface area contributed by atoms with E-state index < -0.39 is 0 Å². The van der Waals surface area contributed by atoms with Crippen molar-refractivity contribution >= 4 is 17.4 Å². The molecule has 0 spiro atoms. The summed E-state index contributed by atoms with van der Waals surface area (Å²) in [4.78, 5) is 4.88. The van der Waals surface area contributed by atoms with Crippen molar-refractivity contribution in [2.45, 2.75) is 25.3 Å². The fourth-order valence-corrected chi connectivity index (χ4v) is 3.44. The topological polar surface area (TPSA) is 32.3 Å². The van der Waals surface area contributed by atoms with Crippen molar-refractivity contribution < 1.29 is 0 Å². The molecule has 18 heavy (non-hydrogen) atoms. The van der Waals surface area contributed by atoms with Gasteiger partial charge in [-0.05, 0) is 50.9 Å². The first-order chi connectivity index (χ1) is 8.74. The van der Waals surface area contributed by atoms with Gasteiger partial charge < -0.3 is 9.80 Å². The zero-order chi connectivity index (χ0) is 12.5. The molecule has 2 aliphatic rings. The Morgan fingerprint density at radius 1 is 1.22 bits per heavy atom. The number of nitrogens with zero attached hydrogens (tertiary/aromatic N) is 4. The average Bonchev–Trinajstić information content (AvgIpc) is 2.39. The zero-order valence-electron chi connectivity index (χ0n) is 10.7. The lowest BCUT2D eigenvalue weighted by molar-refractivity contribution is 0.102. The van der Waals surface area contributed by atoms with Crippen molar-refractivity contribution in [3.63, 3.8) is 0 Å². The van der Waals surface area contributed by atoms with Crippen LogP contribution in [0.5, 0.6) is 0 Å². The van der Waals surface area contributed by atoms with Crippen LogP contribution in [-0.4, -0.2) is 47.8 Å². The van der Waals surface area contributed by atoms with Gasteiger partial charge in [-0.1, -0.05) is 11.6 Å². The van der Waals surface area contributed by atoms with Crippen molar-refractivity contribution in [3.8, 4) is 0 Å². The maximum Gasteiger partial charge on any atom is 0.151 e. The Kier molecular flexibility index (Phi) is 3.39. The van der Waals surface area contributed by atoms with Crippen molar-refractivity contribution in [2.24, 2.45) is 5.92 Å². The molecule has 1 aromatic heterocycles. The van der Waals surface area contributed by atoms with Crippen LogP contribution in [0.3, 0.4) is 0 Å².